The zero-order valence-corrected chi connectivity index (χ0v) is 4.80. The van der Waals surface area contributed by atoms with Crippen LogP contribution in [0, 0.1) is 0 Å². The summed E-state index contributed by atoms with van der Waals surface area (Å²) in [5.74, 6) is 0. The number of alkyl halides is 2. The minimum Gasteiger partial charge on any atom is -0.391 e. The molecule has 9 heavy (non-hydrogen) atoms. The van der Waals surface area contributed by atoms with E-state index in [0.717, 1.165) is 0 Å². The van der Waals surface area contributed by atoms with Crippen molar-refractivity contribution in [3.05, 3.63) is 0 Å². The molecule has 2 atom stereocenters. The molecule has 0 spiro atoms. The lowest BCUT2D eigenvalue weighted by molar-refractivity contribution is 0.0410. The van der Waals surface area contributed by atoms with Gasteiger partial charge in [-0.05, 0) is 6.42 Å². The summed E-state index contributed by atoms with van der Waals surface area (Å²) in [6, 6.07) is -1.12. The second-order valence-electron chi connectivity index (χ2n) is 2.09. The number of nitrogens with zero attached hydrogens (tertiary/aromatic N) is 1. The van der Waals surface area contributed by atoms with Crippen molar-refractivity contribution in [1.29, 1.82) is 0 Å². The van der Waals surface area contributed by atoms with E-state index in [4.69, 9.17) is 5.11 Å². The number of hydrogen-bond acceptors (Lipinski definition) is 1. The molecule has 53 valence electrons. The van der Waals surface area contributed by atoms with Gasteiger partial charge in [-0.2, -0.15) is 0 Å². The maximum absolute atomic E-state index is 11.7. The van der Waals surface area contributed by atoms with Gasteiger partial charge in [-0.25, -0.2) is 14.1 Å². The number of aliphatic hydroxyl groups is 1. The minimum atomic E-state index is -2.50. The van der Waals surface area contributed by atoms with E-state index in [9.17, 15) is 8.78 Å². The third-order valence-corrected chi connectivity index (χ3v) is 1.42. The number of halogens is 2. The molecule has 1 N–H and O–H groups in total. The molecule has 0 saturated carbocycles. The van der Waals surface area contributed by atoms with Crippen LogP contribution in [-0.4, -0.2) is 30.2 Å². The monoisotopic (exact) mass is 136 g/mol. The highest BCUT2D eigenvalue weighted by Crippen LogP contribution is 2.14. The third kappa shape index (κ3) is 1.37. The van der Waals surface area contributed by atoms with Crippen molar-refractivity contribution in [2.45, 2.75) is 25.0 Å². The van der Waals surface area contributed by atoms with Gasteiger partial charge in [0.2, 0.25) is 0 Å². The third-order valence-electron chi connectivity index (χ3n) is 1.42. The van der Waals surface area contributed by atoms with Crippen LogP contribution in [0.25, 0.3) is 0 Å². The first-order valence-electron chi connectivity index (χ1n) is 2.84. The van der Waals surface area contributed by atoms with Crippen molar-refractivity contribution in [2.75, 3.05) is 6.54 Å². The lowest BCUT2D eigenvalue weighted by Gasteiger charge is -2.10. The van der Waals surface area contributed by atoms with E-state index < -0.39 is 18.6 Å². The summed E-state index contributed by atoms with van der Waals surface area (Å²) in [7, 11) is 0. The van der Waals surface area contributed by atoms with Crippen LogP contribution in [0.15, 0.2) is 0 Å². The van der Waals surface area contributed by atoms with E-state index in [2.05, 4.69) is 5.32 Å². The van der Waals surface area contributed by atoms with Crippen LogP contribution in [0.5, 0.6) is 0 Å². The highest BCUT2D eigenvalue weighted by molar-refractivity contribution is 4.84. The molecule has 4 heteroatoms. The molecule has 0 unspecified atom stereocenters. The maximum Gasteiger partial charge on any atom is 0.257 e. The maximum atomic E-state index is 11.7. The van der Waals surface area contributed by atoms with Crippen molar-refractivity contribution >= 4 is 0 Å². The second kappa shape index (κ2) is 2.58. The normalized spacial score (nSPS) is 36.0. The molecular formula is C5H8F2NO. The van der Waals surface area contributed by atoms with Crippen molar-refractivity contribution in [2.24, 2.45) is 0 Å². The topological polar surface area (TPSA) is 34.3 Å². The van der Waals surface area contributed by atoms with Gasteiger partial charge in [0, 0.05) is 6.54 Å². The van der Waals surface area contributed by atoms with E-state index in [-0.39, 0.29) is 0 Å². The van der Waals surface area contributed by atoms with E-state index in [0.29, 0.717) is 13.0 Å². The summed E-state index contributed by atoms with van der Waals surface area (Å²) >= 11 is 0. The van der Waals surface area contributed by atoms with Crippen LogP contribution < -0.4 is 5.32 Å². The first kappa shape index (κ1) is 6.89. The van der Waals surface area contributed by atoms with Gasteiger partial charge in [0.05, 0.1) is 6.10 Å². The van der Waals surface area contributed by atoms with Crippen molar-refractivity contribution < 1.29 is 13.9 Å². The van der Waals surface area contributed by atoms with Gasteiger partial charge in [-0.3, -0.25) is 0 Å². The molecule has 1 rings (SSSR count). The summed E-state index contributed by atoms with van der Waals surface area (Å²) in [6.07, 6.45) is -3.03. The molecule has 0 aromatic heterocycles. The molecule has 1 aliphatic heterocycles. The highest BCUT2D eigenvalue weighted by atomic mass is 19.3. The van der Waals surface area contributed by atoms with Crippen LogP contribution in [0.4, 0.5) is 8.78 Å². The number of rotatable bonds is 1. The highest BCUT2D eigenvalue weighted by Gasteiger charge is 2.33. The average molecular weight is 136 g/mol. The Hall–Kier alpha value is -0.220. The number of aliphatic hydroxyl groups excluding tert-OH is 1. The lowest BCUT2D eigenvalue weighted by atomic mass is 10.2. The van der Waals surface area contributed by atoms with Gasteiger partial charge in [0.15, 0.2) is 0 Å². The van der Waals surface area contributed by atoms with Gasteiger partial charge >= 0.3 is 0 Å². The Balaban J connectivity index is 2.40. The average Bonchev–Trinajstić information content (AvgIpc) is 2.13. The largest absolute Gasteiger partial charge is 0.391 e. The van der Waals surface area contributed by atoms with Gasteiger partial charge in [-0.1, -0.05) is 0 Å². The van der Waals surface area contributed by atoms with Crippen LogP contribution in [-0.2, 0) is 0 Å². The zero-order valence-electron chi connectivity index (χ0n) is 4.80. The van der Waals surface area contributed by atoms with Gasteiger partial charge < -0.3 is 5.11 Å². The summed E-state index contributed by atoms with van der Waals surface area (Å²) in [5.41, 5.74) is 0. The first-order valence-corrected chi connectivity index (χ1v) is 2.84. The Morgan fingerprint density at radius 1 is 1.56 bits per heavy atom. The van der Waals surface area contributed by atoms with E-state index in [1.165, 1.54) is 0 Å². The van der Waals surface area contributed by atoms with Crippen molar-refractivity contribution in [1.82, 2.24) is 5.32 Å². The van der Waals surface area contributed by atoms with E-state index >= 15 is 0 Å². The van der Waals surface area contributed by atoms with Crippen LogP contribution in [0.1, 0.15) is 6.42 Å². The van der Waals surface area contributed by atoms with E-state index in [1.807, 2.05) is 0 Å². The molecule has 0 aliphatic carbocycles. The van der Waals surface area contributed by atoms with E-state index in [1.54, 1.807) is 0 Å². The summed E-state index contributed by atoms with van der Waals surface area (Å²) in [5, 5.41) is 12.3. The molecule has 1 saturated heterocycles. The predicted octanol–water partition coefficient (Wildman–Crippen LogP) is -0.0109. The Bertz CT molecular complexity index is 99.0. The number of hydrogen-bond donors (Lipinski definition) is 1. The molecule has 1 radical (unpaired) electrons. The predicted molar refractivity (Wildman–Crippen MR) is 27.4 cm³/mol. The fourth-order valence-corrected chi connectivity index (χ4v) is 0.896. The molecule has 0 aromatic carbocycles. The quantitative estimate of drug-likeness (QED) is 0.540. The van der Waals surface area contributed by atoms with Crippen molar-refractivity contribution in [3.8, 4) is 0 Å². The standard InChI is InChI=1S/C5H8F2NO/c6-5(7)4-3(9)1-2-8-4/h3-5,9H,1-2H2/t3-,4-/m0/s1. The smallest absolute Gasteiger partial charge is 0.257 e. The molecule has 0 bridgehead atoms. The summed E-state index contributed by atoms with van der Waals surface area (Å²) in [6.45, 7) is 0.371. The molecule has 1 aliphatic rings. The van der Waals surface area contributed by atoms with Crippen LogP contribution in [0.3, 0.4) is 0 Å². The Morgan fingerprint density at radius 2 is 2.22 bits per heavy atom. The van der Waals surface area contributed by atoms with Gasteiger partial charge in [0.1, 0.15) is 6.04 Å². The Kier molecular flexibility index (Phi) is 1.97. The summed E-state index contributed by atoms with van der Waals surface area (Å²) < 4.78 is 23.5. The molecule has 0 aromatic rings. The molecule has 1 heterocycles. The molecule has 1 fully saturated rings. The van der Waals surface area contributed by atoms with Crippen molar-refractivity contribution in [3.63, 3.8) is 0 Å². The zero-order chi connectivity index (χ0) is 6.85. The summed E-state index contributed by atoms with van der Waals surface area (Å²) in [4.78, 5) is 0. The lowest BCUT2D eigenvalue weighted by Crippen LogP contribution is -2.32. The fourth-order valence-electron chi connectivity index (χ4n) is 0.896. The second-order valence-corrected chi connectivity index (χ2v) is 2.09. The first-order chi connectivity index (χ1) is 4.22. The minimum absolute atomic E-state index is 0.371. The van der Waals surface area contributed by atoms with Gasteiger partial charge in [0.25, 0.3) is 6.43 Å². The van der Waals surface area contributed by atoms with Gasteiger partial charge in [-0.15, -0.1) is 0 Å². The Morgan fingerprint density at radius 3 is 2.44 bits per heavy atom. The molecular weight excluding hydrogens is 128 g/mol. The molecule has 2 nitrogen and oxygen atoms in total. The Labute approximate surface area is 51.9 Å². The van der Waals surface area contributed by atoms with Crippen LogP contribution in [0.2, 0.25) is 0 Å². The SMILES string of the molecule is O[C@H]1CC[N][C@@H]1C(F)F. The van der Waals surface area contributed by atoms with Crippen LogP contribution >= 0.6 is 0 Å². The fraction of sp³-hybridized carbons (Fsp3) is 1.00. The molecule has 0 amide bonds.